The number of allylic oxidation sites excluding steroid dienone is 1. The number of benzene rings is 2. The van der Waals surface area contributed by atoms with E-state index in [1.807, 2.05) is 12.1 Å². The molecule has 0 aliphatic rings. The smallest absolute Gasteiger partial charge is 0.185 e. The fraction of sp³-hybridized carbons (Fsp3) is 0.158. The highest BCUT2D eigenvalue weighted by Gasteiger charge is 2.08. The lowest BCUT2D eigenvalue weighted by Crippen LogP contribution is -2.24. The molecule has 5 nitrogen and oxygen atoms in total. The monoisotopic (exact) mass is 325 g/mol. The van der Waals surface area contributed by atoms with Crippen LogP contribution >= 0.6 is 0 Å². The van der Waals surface area contributed by atoms with Gasteiger partial charge in [-0.3, -0.25) is 4.79 Å². The maximum Gasteiger partial charge on any atom is 0.185 e. The van der Waals surface area contributed by atoms with Gasteiger partial charge in [-0.05, 0) is 42.0 Å². The van der Waals surface area contributed by atoms with Crippen LogP contribution in [0.1, 0.15) is 21.5 Å². The van der Waals surface area contributed by atoms with Crippen molar-refractivity contribution in [2.75, 3.05) is 14.2 Å². The fourth-order valence-corrected chi connectivity index (χ4v) is 2.21. The van der Waals surface area contributed by atoms with Crippen molar-refractivity contribution < 1.29 is 24.2 Å². The summed E-state index contributed by atoms with van der Waals surface area (Å²) in [4.78, 5) is 23.1. The van der Waals surface area contributed by atoms with Crippen molar-refractivity contribution in [3.8, 4) is 11.5 Å². The summed E-state index contributed by atoms with van der Waals surface area (Å²) in [6.07, 6.45) is 2.81. The number of hydrogen-bond acceptors (Lipinski definition) is 5. The molecule has 0 amide bonds. The molecule has 0 saturated carbocycles. The maximum absolute atomic E-state index is 12.3. The lowest BCUT2D eigenvalue weighted by molar-refractivity contribution is -0.304. The number of carbonyl (C=O) groups excluding carboxylic acids is 2. The van der Waals surface area contributed by atoms with Gasteiger partial charge in [0.1, 0.15) is 11.5 Å². The summed E-state index contributed by atoms with van der Waals surface area (Å²) in [5.74, 6) is -0.310. The number of carboxylic acid groups (broad SMARTS) is 1. The van der Waals surface area contributed by atoms with Gasteiger partial charge in [0.15, 0.2) is 5.78 Å². The predicted octanol–water partition coefficient (Wildman–Crippen LogP) is 1.89. The van der Waals surface area contributed by atoms with E-state index in [4.69, 9.17) is 9.47 Å². The Morgan fingerprint density at radius 1 is 1.04 bits per heavy atom. The molecular formula is C19H17O5-. The van der Waals surface area contributed by atoms with Crippen molar-refractivity contribution in [1.29, 1.82) is 0 Å². The average Bonchev–Trinajstić information content (AvgIpc) is 2.59. The summed E-state index contributed by atoms with van der Waals surface area (Å²) in [5.41, 5.74) is 1.64. The molecule has 0 aliphatic carbocycles. The minimum Gasteiger partial charge on any atom is -0.550 e. The summed E-state index contributed by atoms with van der Waals surface area (Å²) in [6.45, 7) is 0. The third-order valence-electron chi connectivity index (χ3n) is 3.44. The molecule has 24 heavy (non-hydrogen) atoms. The Bertz CT molecular complexity index is 760. The molecule has 2 aromatic rings. The summed E-state index contributed by atoms with van der Waals surface area (Å²) >= 11 is 0. The van der Waals surface area contributed by atoms with Gasteiger partial charge in [0.25, 0.3) is 0 Å². The van der Waals surface area contributed by atoms with E-state index in [0.717, 1.165) is 11.3 Å². The molecule has 0 aromatic heterocycles. The largest absolute Gasteiger partial charge is 0.550 e. The molecule has 0 spiro atoms. The van der Waals surface area contributed by atoms with Crippen molar-refractivity contribution in [1.82, 2.24) is 0 Å². The summed E-state index contributed by atoms with van der Waals surface area (Å²) in [7, 11) is 3.03. The molecule has 2 rings (SSSR count). The Hall–Kier alpha value is -3.08. The van der Waals surface area contributed by atoms with E-state index in [-0.39, 0.29) is 12.2 Å². The number of hydrogen-bond donors (Lipinski definition) is 0. The molecule has 124 valence electrons. The number of aliphatic carboxylic acids is 1. The van der Waals surface area contributed by atoms with E-state index in [1.165, 1.54) is 19.3 Å². The van der Waals surface area contributed by atoms with Crippen LogP contribution in [0.4, 0.5) is 0 Å². The van der Waals surface area contributed by atoms with Gasteiger partial charge in [0, 0.05) is 23.5 Å². The molecule has 0 fully saturated rings. The van der Waals surface area contributed by atoms with Crippen molar-refractivity contribution in [3.63, 3.8) is 0 Å². The quantitative estimate of drug-likeness (QED) is 0.574. The van der Waals surface area contributed by atoms with Crippen molar-refractivity contribution in [2.45, 2.75) is 6.42 Å². The van der Waals surface area contributed by atoms with E-state index in [2.05, 4.69) is 0 Å². The van der Waals surface area contributed by atoms with E-state index < -0.39 is 5.97 Å². The highest BCUT2D eigenvalue weighted by Crippen LogP contribution is 2.21. The van der Waals surface area contributed by atoms with E-state index in [1.54, 1.807) is 37.5 Å². The molecule has 2 aromatic carbocycles. The first kappa shape index (κ1) is 17.3. The number of ether oxygens (including phenoxy) is 2. The second-order valence-corrected chi connectivity index (χ2v) is 5.05. The third-order valence-corrected chi connectivity index (χ3v) is 3.44. The van der Waals surface area contributed by atoms with Crippen LogP contribution in [0, 0.1) is 0 Å². The van der Waals surface area contributed by atoms with Crippen LogP contribution in [0.15, 0.2) is 48.5 Å². The van der Waals surface area contributed by atoms with Crippen LogP contribution in [0.5, 0.6) is 11.5 Å². The Morgan fingerprint density at radius 3 is 2.33 bits per heavy atom. The van der Waals surface area contributed by atoms with Gasteiger partial charge >= 0.3 is 0 Å². The molecule has 0 radical (unpaired) electrons. The van der Waals surface area contributed by atoms with E-state index >= 15 is 0 Å². The minimum absolute atomic E-state index is 0.229. The molecule has 0 saturated heterocycles. The van der Waals surface area contributed by atoms with Gasteiger partial charge in [-0.15, -0.1) is 0 Å². The lowest BCUT2D eigenvalue weighted by Gasteiger charge is -2.10. The third kappa shape index (κ3) is 4.46. The van der Waals surface area contributed by atoms with E-state index in [0.29, 0.717) is 16.9 Å². The van der Waals surface area contributed by atoms with Crippen LogP contribution in [-0.2, 0) is 11.2 Å². The highest BCUT2D eigenvalue weighted by molar-refractivity contribution is 6.07. The molecular weight excluding hydrogens is 308 g/mol. The Morgan fingerprint density at radius 2 is 1.75 bits per heavy atom. The first-order valence-electron chi connectivity index (χ1n) is 7.26. The SMILES string of the molecule is COc1ccc(/C=C/C(=O)c2ccc(OC)c(CC(=O)[O-])c2)cc1. The van der Waals surface area contributed by atoms with Crippen LogP contribution in [0.2, 0.25) is 0 Å². The Labute approximate surface area is 140 Å². The van der Waals surface area contributed by atoms with Crippen molar-refractivity contribution in [3.05, 3.63) is 65.2 Å². The molecule has 0 N–H and O–H groups in total. The number of carboxylic acids is 1. The zero-order chi connectivity index (χ0) is 17.5. The highest BCUT2D eigenvalue weighted by atomic mass is 16.5. The predicted molar refractivity (Wildman–Crippen MR) is 88.1 cm³/mol. The van der Waals surface area contributed by atoms with Gasteiger partial charge in [-0.25, -0.2) is 0 Å². The van der Waals surface area contributed by atoms with Crippen LogP contribution in [0.3, 0.4) is 0 Å². The molecule has 0 bridgehead atoms. The Kier molecular flexibility index (Phi) is 5.73. The zero-order valence-electron chi connectivity index (χ0n) is 13.4. The average molecular weight is 325 g/mol. The van der Waals surface area contributed by atoms with Gasteiger partial charge in [-0.1, -0.05) is 18.2 Å². The van der Waals surface area contributed by atoms with Crippen molar-refractivity contribution >= 4 is 17.8 Å². The first-order chi connectivity index (χ1) is 11.5. The topological polar surface area (TPSA) is 75.7 Å². The normalized spacial score (nSPS) is 10.6. The second kappa shape index (κ2) is 7.97. The van der Waals surface area contributed by atoms with Crippen LogP contribution in [-0.4, -0.2) is 26.0 Å². The molecule has 0 aliphatic heterocycles. The number of ketones is 1. The molecule has 0 heterocycles. The lowest BCUT2D eigenvalue weighted by atomic mass is 10.0. The van der Waals surface area contributed by atoms with Gasteiger partial charge < -0.3 is 19.4 Å². The summed E-state index contributed by atoms with van der Waals surface area (Å²) < 4.78 is 10.2. The van der Waals surface area contributed by atoms with Crippen LogP contribution < -0.4 is 14.6 Å². The Balaban J connectivity index is 2.19. The number of rotatable bonds is 7. The van der Waals surface area contributed by atoms with Gasteiger partial charge in [0.05, 0.1) is 14.2 Å². The fourth-order valence-electron chi connectivity index (χ4n) is 2.21. The summed E-state index contributed by atoms with van der Waals surface area (Å²) in [6, 6.07) is 11.9. The maximum atomic E-state index is 12.3. The second-order valence-electron chi connectivity index (χ2n) is 5.05. The van der Waals surface area contributed by atoms with Gasteiger partial charge in [-0.2, -0.15) is 0 Å². The molecule has 0 unspecified atom stereocenters. The van der Waals surface area contributed by atoms with E-state index in [9.17, 15) is 14.7 Å². The van der Waals surface area contributed by atoms with Crippen LogP contribution in [0.25, 0.3) is 6.08 Å². The summed E-state index contributed by atoms with van der Waals surface area (Å²) in [5, 5.41) is 10.8. The van der Waals surface area contributed by atoms with Gasteiger partial charge in [0.2, 0.25) is 0 Å². The molecule has 5 heteroatoms. The zero-order valence-corrected chi connectivity index (χ0v) is 13.4. The minimum atomic E-state index is -1.23. The molecule has 0 atom stereocenters. The number of methoxy groups -OCH3 is 2. The standard InChI is InChI=1S/C19H18O5/c1-23-16-7-3-13(4-8-16)5-9-17(20)14-6-10-18(24-2)15(11-14)12-19(21)22/h3-11H,12H2,1-2H3,(H,21,22)/p-1/b9-5+. The van der Waals surface area contributed by atoms with Crippen molar-refractivity contribution in [2.24, 2.45) is 0 Å². The first-order valence-corrected chi connectivity index (χ1v) is 7.26. The number of carbonyl (C=O) groups is 2.